The molecular formula is C16H22O4. The van der Waals surface area contributed by atoms with Gasteiger partial charge in [-0.05, 0) is 63.9 Å². The molecule has 0 aliphatic carbocycles. The van der Waals surface area contributed by atoms with E-state index in [0.29, 0.717) is 11.1 Å². The van der Waals surface area contributed by atoms with Crippen LogP contribution >= 0.6 is 0 Å². The normalized spacial score (nSPS) is 12.2. The molecule has 1 aromatic carbocycles. The van der Waals surface area contributed by atoms with Crippen molar-refractivity contribution in [2.45, 2.75) is 45.8 Å². The van der Waals surface area contributed by atoms with Gasteiger partial charge in [0.1, 0.15) is 5.75 Å². The number of carbonyl (C=O) groups is 1. The molecule has 0 aromatic heterocycles. The summed E-state index contributed by atoms with van der Waals surface area (Å²) in [6.07, 6.45) is 0. The van der Waals surface area contributed by atoms with E-state index in [-0.39, 0.29) is 11.3 Å². The van der Waals surface area contributed by atoms with Crippen molar-refractivity contribution >= 4 is 5.97 Å². The number of rotatable bonds is 4. The molecule has 110 valence electrons. The first-order valence-corrected chi connectivity index (χ1v) is 6.40. The monoisotopic (exact) mass is 278 g/mol. The summed E-state index contributed by atoms with van der Waals surface area (Å²) in [5.74, 6) is -0.269. The highest BCUT2D eigenvalue weighted by Crippen LogP contribution is 2.31. The average Bonchev–Trinajstić information content (AvgIpc) is 2.26. The van der Waals surface area contributed by atoms with E-state index in [9.17, 15) is 15.0 Å². The fraction of sp³-hybridized carbons (Fsp3) is 0.438. The molecule has 0 heterocycles. The van der Waals surface area contributed by atoms with Crippen LogP contribution in [-0.4, -0.2) is 16.2 Å². The molecule has 4 nitrogen and oxygen atoms in total. The minimum absolute atomic E-state index is 0.273. The molecule has 0 bridgehead atoms. The summed E-state index contributed by atoms with van der Waals surface area (Å²) in [7, 11) is 0. The zero-order valence-electron chi connectivity index (χ0n) is 12.7. The van der Waals surface area contributed by atoms with Crippen molar-refractivity contribution in [2.75, 3.05) is 0 Å². The molecule has 0 aliphatic heterocycles. The third kappa shape index (κ3) is 4.18. The van der Waals surface area contributed by atoms with E-state index in [1.54, 1.807) is 52.8 Å². The number of ether oxygens (including phenoxy) is 1. The van der Waals surface area contributed by atoms with Crippen molar-refractivity contribution in [1.29, 1.82) is 0 Å². The highest BCUT2D eigenvalue weighted by Gasteiger charge is 2.23. The lowest BCUT2D eigenvalue weighted by molar-refractivity contribution is -0.130. The minimum atomic E-state index is -1.11. The number of aliphatic hydroxyl groups is 2. The Kier molecular flexibility index (Phi) is 4.42. The lowest BCUT2D eigenvalue weighted by Gasteiger charge is -2.24. The average molecular weight is 278 g/mol. The van der Waals surface area contributed by atoms with E-state index in [1.165, 1.54) is 0 Å². The number of hydrogen-bond acceptors (Lipinski definition) is 4. The van der Waals surface area contributed by atoms with E-state index in [2.05, 4.69) is 6.58 Å². The fourth-order valence-corrected chi connectivity index (χ4v) is 1.56. The van der Waals surface area contributed by atoms with Gasteiger partial charge in [0.2, 0.25) is 0 Å². The van der Waals surface area contributed by atoms with E-state index in [0.717, 1.165) is 0 Å². The Morgan fingerprint density at radius 1 is 1.05 bits per heavy atom. The van der Waals surface area contributed by atoms with E-state index >= 15 is 0 Å². The summed E-state index contributed by atoms with van der Waals surface area (Å²) in [5, 5.41) is 20.2. The molecule has 0 aliphatic rings. The number of benzene rings is 1. The quantitative estimate of drug-likeness (QED) is 0.505. The van der Waals surface area contributed by atoms with Crippen LogP contribution in [0.1, 0.15) is 45.7 Å². The molecule has 0 radical (unpaired) electrons. The van der Waals surface area contributed by atoms with Gasteiger partial charge in [-0.15, -0.1) is 0 Å². The first-order valence-electron chi connectivity index (χ1n) is 6.40. The number of hydrogen-bond donors (Lipinski definition) is 2. The van der Waals surface area contributed by atoms with Gasteiger partial charge in [-0.2, -0.15) is 0 Å². The molecule has 20 heavy (non-hydrogen) atoms. The second-order valence-corrected chi connectivity index (χ2v) is 6.03. The van der Waals surface area contributed by atoms with Gasteiger partial charge >= 0.3 is 5.97 Å². The van der Waals surface area contributed by atoms with Gasteiger partial charge in [0.15, 0.2) is 0 Å². The van der Waals surface area contributed by atoms with Crippen molar-refractivity contribution in [3.8, 4) is 5.75 Å². The Morgan fingerprint density at radius 3 is 1.75 bits per heavy atom. The molecule has 1 rings (SSSR count). The molecule has 0 saturated carbocycles. The zero-order valence-corrected chi connectivity index (χ0v) is 12.7. The Hall–Kier alpha value is -1.65. The van der Waals surface area contributed by atoms with Crippen LogP contribution in [0.2, 0.25) is 0 Å². The molecule has 1 aromatic rings. The van der Waals surface area contributed by atoms with Crippen LogP contribution in [0.4, 0.5) is 0 Å². The maximum absolute atomic E-state index is 11.6. The molecule has 0 saturated heterocycles. The van der Waals surface area contributed by atoms with Gasteiger partial charge in [0, 0.05) is 5.57 Å². The van der Waals surface area contributed by atoms with Crippen molar-refractivity contribution in [2.24, 2.45) is 0 Å². The standard InChI is InChI=1S/C16H22O4/c1-10(2)14(17)20-13-8-11(15(3,4)18)7-12(9-13)16(5,6)19/h7-9,18-19H,1H2,2-6H3. The largest absolute Gasteiger partial charge is 0.423 e. The minimum Gasteiger partial charge on any atom is -0.423 e. The SMILES string of the molecule is C=C(C)C(=O)Oc1cc(C(C)(C)O)cc(C(C)(C)O)c1. The van der Waals surface area contributed by atoms with Gasteiger partial charge in [0.25, 0.3) is 0 Å². The zero-order chi connectivity index (χ0) is 15.7. The van der Waals surface area contributed by atoms with Crippen molar-refractivity contribution in [3.05, 3.63) is 41.5 Å². The molecule has 0 unspecified atom stereocenters. The van der Waals surface area contributed by atoms with Crippen LogP contribution in [0.25, 0.3) is 0 Å². The topological polar surface area (TPSA) is 66.8 Å². The van der Waals surface area contributed by atoms with E-state index in [1.807, 2.05) is 0 Å². The summed E-state index contributed by atoms with van der Waals surface area (Å²) in [6.45, 7) is 11.6. The third-order valence-corrected chi connectivity index (χ3v) is 2.88. The van der Waals surface area contributed by atoms with Gasteiger partial charge in [-0.25, -0.2) is 4.79 Å². The van der Waals surface area contributed by atoms with Crippen LogP contribution < -0.4 is 4.74 Å². The van der Waals surface area contributed by atoms with E-state index in [4.69, 9.17) is 4.74 Å². The lowest BCUT2D eigenvalue weighted by Crippen LogP contribution is -2.21. The first-order chi connectivity index (χ1) is 8.91. The fourth-order valence-electron chi connectivity index (χ4n) is 1.56. The summed E-state index contributed by atoms with van der Waals surface area (Å²) in [4.78, 5) is 11.6. The van der Waals surface area contributed by atoms with Gasteiger partial charge < -0.3 is 14.9 Å². The van der Waals surface area contributed by atoms with Gasteiger partial charge in [-0.1, -0.05) is 6.58 Å². The third-order valence-electron chi connectivity index (χ3n) is 2.88. The first kappa shape index (κ1) is 16.4. The maximum Gasteiger partial charge on any atom is 0.338 e. The number of carbonyl (C=O) groups excluding carboxylic acids is 1. The molecule has 0 spiro atoms. The molecule has 0 fully saturated rings. The molecule has 4 heteroatoms. The van der Waals surface area contributed by atoms with Crippen LogP contribution in [0.15, 0.2) is 30.4 Å². The van der Waals surface area contributed by atoms with Crippen molar-refractivity contribution in [3.63, 3.8) is 0 Å². The number of esters is 1. The van der Waals surface area contributed by atoms with E-state index < -0.39 is 17.2 Å². The smallest absolute Gasteiger partial charge is 0.338 e. The summed E-state index contributed by atoms with van der Waals surface area (Å²) < 4.78 is 5.19. The van der Waals surface area contributed by atoms with Crippen molar-refractivity contribution in [1.82, 2.24) is 0 Å². The van der Waals surface area contributed by atoms with Crippen molar-refractivity contribution < 1.29 is 19.7 Å². The molecule has 0 amide bonds. The lowest BCUT2D eigenvalue weighted by atomic mass is 9.90. The van der Waals surface area contributed by atoms with Gasteiger partial charge in [0.05, 0.1) is 11.2 Å². The Bertz CT molecular complexity index is 498. The van der Waals surface area contributed by atoms with Crippen LogP contribution in [0, 0.1) is 0 Å². The Labute approximate surface area is 119 Å². The van der Waals surface area contributed by atoms with Crippen LogP contribution in [0.5, 0.6) is 5.75 Å². The Balaban J connectivity index is 3.31. The second-order valence-electron chi connectivity index (χ2n) is 6.03. The maximum atomic E-state index is 11.6. The summed E-state index contributed by atoms with van der Waals surface area (Å²) in [6, 6.07) is 4.85. The molecule has 2 N–H and O–H groups in total. The summed E-state index contributed by atoms with van der Waals surface area (Å²) in [5.41, 5.74) is -0.816. The summed E-state index contributed by atoms with van der Waals surface area (Å²) >= 11 is 0. The Morgan fingerprint density at radius 2 is 1.45 bits per heavy atom. The molecule has 0 atom stereocenters. The second kappa shape index (κ2) is 5.38. The predicted molar refractivity (Wildman–Crippen MR) is 77.4 cm³/mol. The van der Waals surface area contributed by atoms with Gasteiger partial charge in [-0.3, -0.25) is 0 Å². The predicted octanol–water partition coefficient (Wildman–Crippen LogP) is 2.62. The van der Waals surface area contributed by atoms with Crippen LogP contribution in [0.3, 0.4) is 0 Å². The highest BCUT2D eigenvalue weighted by atomic mass is 16.5. The van der Waals surface area contributed by atoms with Crippen LogP contribution in [-0.2, 0) is 16.0 Å². The highest BCUT2D eigenvalue weighted by molar-refractivity contribution is 5.88. The molecular weight excluding hydrogens is 256 g/mol.